The van der Waals surface area contributed by atoms with Crippen LogP contribution < -0.4 is 9.47 Å². The molecule has 1 aliphatic rings. The van der Waals surface area contributed by atoms with Gasteiger partial charge in [-0.25, -0.2) is 13.5 Å². The van der Waals surface area contributed by atoms with Crippen molar-refractivity contribution in [1.29, 1.82) is 0 Å². The number of aryl methyl sites for hydroxylation is 1. The summed E-state index contributed by atoms with van der Waals surface area (Å²) in [7, 11) is 4.64. The number of hydrogen-bond acceptors (Lipinski definition) is 7. The van der Waals surface area contributed by atoms with Crippen LogP contribution in [0.25, 0.3) is 11.0 Å². The molecule has 1 unspecified atom stereocenters. The quantitative estimate of drug-likeness (QED) is 0.290. The standard InChI is InChI=1S/C30H30F2N4O5/c1-5-41-27(37)15-22(18-11-25-29(26(12-18)40-4)35(2)34-33-25)21-8-6-7-17-16-36(10-9-20(17)21)30(38)28-23(31)13-19(39-3)14-24(28)32/h6-8,11-14,22H,5,9-10,15-16H2,1-4H3. The number of carbonyl (C=O) groups excluding carboxylic acids is 2. The van der Waals surface area contributed by atoms with Crippen LogP contribution in [0.4, 0.5) is 8.78 Å². The van der Waals surface area contributed by atoms with Crippen molar-refractivity contribution in [2.45, 2.75) is 32.2 Å². The summed E-state index contributed by atoms with van der Waals surface area (Å²) in [5.41, 5.74) is 4.24. The van der Waals surface area contributed by atoms with Gasteiger partial charge in [0.05, 0.1) is 27.2 Å². The summed E-state index contributed by atoms with van der Waals surface area (Å²) >= 11 is 0. The molecular formula is C30H30F2N4O5. The summed E-state index contributed by atoms with van der Waals surface area (Å²) < 4.78 is 46.8. The van der Waals surface area contributed by atoms with Gasteiger partial charge in [0.15, 0.2) is 0 Å². The minimum Gasteiger partial charge on any atom is -0.497 e. The lowest BCUT2D eigenvalue weighted by atomic mass is 9.82. The lowest BCUT2D eigenvalue weighted by Gasteiger charge is -2.32. The van der Waals surface area contributed by atoms with Crippen LogP contribution in [0.15, 0.2) is 42.5 Å². The van der Waals surface area contributed by atoms with Gasteiger partial charge in [-0.2, -0.15) is 0 Å². The number of rotatable bonds is 8. The second kappa shape index (κ2) is 11.5. The Balaban J connectivity index is 1.53. The number of fused-ring (bicyclic) bond motifs is 2. The first-order chi connectivity index (χ1) is 19.7. The highest BCUT2D eigenvalue weighted by atomic mass is 19.1. The monoisotopic (exact) mass is 564 g/mol. The Bertz CT molecular complexity index is 1610. The number of halogens is 2. The molecule has 0 fully saturated rings. The van der Waals surface area contributed by atoms with E-state index in [1.807, 2.05) is 30.3 Å². The highest BCUT2D eigenvalue weighted by Crippen LogP contribution is 2.38. The molecule has 1 amide bonds. The first kappa shape index (κ1) is 28.0. The molecule has 0 saturated heterocycles. The molecule has 1 aliphatic heterocycles. The number of aromatic nitrogens is 3. The second-order valence-corrected chi connectivity index (χ2v) is 9.79. The van der Waals surface area contributed by atoms with Gasteiger partial charge in [-0.05, 0) is 47.7 Å². The Hall–Kier alpha value is -4.54. The maximum absolute atomic E-state index is 14.7. The van der Waals surface area contributed by atoms with Gasteiger partial charge in [-0.1, -0.05) is 23.4 Å². The van der Waals surface area contributed by atoms with E-state index in [0.29, 0.717) is 17.7 Å². The van der Waals surface area contributed by atoms with E-state index in [9.17, 15) is 18.4 Å². The first-order valence-electron chi connectivity index (χ1n) is 13.2. The van der Waals surface area contributed by atoms with Crippen LogP contribution >= 0.6 is 0 Å². The fraction of sp³-hybridized carbons (Fsp3) is 0.333. The van der Waals surface area contributed by atoms with E-state index in [4.69, 9.17) is 14.2 Å². The number of benzene rings is 3. The molecule has 41 heavy (non-hydrogen) atoms. The molecule has 4 aromatic rings. The van der Waals surface area contributed by atoms with Gasteiger partial charge in [-0.15, -0.1) is 5.10 Å². The summed E-state index contributed by atoms with van der Waals surface area (Å²) in [5.74, 6) is -2.88. The average molecular weight is 565 g/mol. The van der Waals surface area contributed by atoms with E-state index in [0.717, 1.165) is 39.9 Å². The summed E-state index contributed by atoms with van der Waals surface area (Å²) in [6.07, 6.45) is 0.505. The van der Waals surface area contributed by atoms with Crippen molar-refractivity contribution in [3.63, 3.8) is 0 Å². The highest BCUT2D eigenvalue weighted by molar-refractivity contribution is 5.95. The third-order valence-corrected chi connectivity index (χ3v) is 7.42. The van der Waals surface area contributed by atoms with Gasteiger partial charge < -0.3 is 19.1 Å². The van der Waals surface area contributed by atoms with Crippen molar-refractivity contribution in [1.82, 2.24) is 19.9 Å². The molecule has 0 bridgehead atoms. The maximum atomic E-state index is 14.7. The van der Waals surface area contributed by atoms with E-state index < -0.39 is 29.0 Å². The normalized spacial score (nSPS) is 13.6. The molecule has 0 aliphatic carbocycles. The predicted octanol–water partition coefficient (Wildman–Crippen LogP) is 4.55. The fourth-order valence-electron chi connectivity index (χ4n) is 5.50. The van der Waals surface area contributed by atoms with Gasteiger partial charge in [0.2, 0.25) is 0 Å². The number of ether oxygens (including phenoxy) is 3. The molecule has 5 rings (SSSR count). The fourth-order valence-corrected chi connectivity index (χ4v) is 5.50. The zero-order chi connectivity index (χ0) is 29.3. The van der Waals surface area contributed by atoms with E-state index in [-0.39, 0.29) is 37.8 Å². The number of amides is 1. The second-order valence-electron chi connectivity index (χ2n) is 9.79. The zero-order valence-electron chi connectivity index (χ0n) is 23.2. The van der Waals surface area contributed by atoms with Crippen LogP contribution in [-0.2, 0) is 29.5 Å². The van der Waals surface area contributed by atoms with Gasteiger partial charge in [0.25, 0.3) is 5.91 Å². The Morgan fingerprint density at radius 1 is 1.07 bits per heavy atom. The lowest BCUT2D eigenvalue weighted by molar-refractivity contribution is -0.143. The predicted molar refractivity (Wildman–Crippen MR) is 146 cm³/mol. The molecular weight excluding hydrogens is 534 g/mol. The third-order valence-electron chi connectivity index (χ3n) is 7.42. The van der Waals surface area contributed by atoms with Crippen molar-refractivity contribution in [2.24, 2.45) is 7.05 Å². The average Bonchev–Trinajstić information content (AvgIpc) is 3.34. The van der Waals surface area contributed by atoms with Crippen LogP contribution in [0.2, 0.25) is 0 Å². The zero-order valence-corrected chi connectivity index (χ0v) is 23.2. The molecule has 0 radical (unpaired) electrons. The summed E-state index contributed by atoms with van der Waals surface area (Å²) in [6, 6.07) is 11.4. The van der Waals surface area contributed by atoms with Crippen LogP contribution in [0.5, 0.6) is 11.5 Å². The molecule has 214 valence electrons. The maximum Gasteiger partial charge on any atom is 0.306 e. The molecule has 11 heteroatoms. The lowest BCUT2D eigenvalue weighted by Crippen LogP contribution is -2.37. The van der Waals surface area contributed by atoms with Crippen LogP contribution in [0.1, 0.15) is 51.9 Å². The first-order valence-corrected chi connectivity index (χ1v) is 13.2. The van der Waals surface area contributed by atoms with Crippen molar-refractivity contribution in [3.05, 3.63) is 81.9 Å². The van der Waals surface area contributed by atoms with Gasteiger partial charge >= 0.3 is 5.97 Å². The summed E-state index contributed by atoms with van der Waals surface area (Å²) in [5, 5.41) is 8.36. The number of carbonyl (C=O) groups is 2. The minimum atomic E-state index is -0.978. The Morgan fingerprint density at radius 2 is 1.83 bits per heavy atom. The van der Waals surface area contributed by atoms with Gasteiger partial charge in [0, 0.05) is 38.2 Å². The van der Waals surface area contributed by atoms with Gasteiger partial charge in [-0.3, -0.25) is 9.59 Å². The van der Waals surface area contributed by atoms with E-state index in [2.05, 4.69) is 10.3 Å². The van der Waals surface area contributed by atoms with Crippen LogP contribution in [-0.4, -0.2) is 59.1 Å². The molecule has 1 atom stereocenters. The number of methoxy groups -OCH3 is 2. The highest BCUT2D eigenvalue weighted by Gasteiger charge is 2.31. The molecule has 1 aromatic heterocycles. The van der Waals surface area contributed by atoms with E-state index >= 15 is 0 Å². The molecule has 2 heterocycles. The number of hydrogen-bond donors (Lipinski definition) is 0. The van der Waals surface area contributed by atoms with Crippen LogP contribution in [0.3, 0.4) is 0 Å². The number of nitrogens with zero attached hydrogens (tertiary/aromatic N) is 4. The molecule has 9 nitrogen and oxygen atoms in total. The molecule has 0 N–H and O–H groups in total. The largest absolute Gasteiger partial charge is 0.497 e. The smallest absolute Gasteiger partial charge is 0.306 e. The van der Waals surface area contributed by atoms with Crippen molar-refractivity contribution in [3.8, 4) is 11.5 Å². The van der Waals surface area contributed by atoms with E-state index in [1.54, 1.807) is 25.8 Å². The summed E-state index contributed by atoms with van der Waals surface area (Å²) in [6.45, 7) is 2.41. The van der Waals surface area contributed by atoms with Crippen molar-refractivity contribution in [2.75, 3.05) is 27.4 Å². The SMILES string of the molecule is CCOC(=O)CC(c1cc(OC)c2c(c1)nnn2C)c1cccc2c1CCN(C(=O)c1c(F)cc(OC)cc1F)C2. The molecule has 0 spiro atoms. The third kappa shape index (κ3) is 5.31. The van der Waals surface area contributed by atoms with Crippen molar-refractivity contribution < 1.29 is 32.6 Å². The number of esters is 1. The Labute approximate surface area is 235 Å². The minimum absolute atomic E-state index is 0.00544. The molecule has 3 aromatic carbocycles. The summed E-state index contributed by atoms with van der Waals surface area (Å²) in [4.78, 5) is 27.4. The van der Waals surface area contributed by atoms with Crippen molar-refractivity contribution >= 4 is 22.9 Å². The van der Waals surface area contributed by atoms with Gasteiger partial charge in [0.1, 0.15) is 39.7 Å². The van der Waals surface area contributed by atoms with Crippen LogP contribution in [0, 0.1) is 11.6 Å². The Kier molecular flexibility index (Phi) is 7.87. The Morgan fingerprint density at radius 3 is 2.51 bits per heavy atom. The molecule has 0 saturated carbocycles. The van der Waals surface area contributed by atoms with E-state index in [1.165, 1.54) is 12.0 Å². The topological polar surface area (TPSA) is 95.8 Å².